The van der Waals surface area contributed by atoms with Gasteiger partial charge in [-0.25, -0.2) is 0 Å². The van der Waals surface area contributed by atoms with Crippen molar-refractivity contribution in [1.29, 1.82) is 0 Å². The van der Waals surface area contributed by atoms with Gasteiger partial charge in [0, 0.05) is 13.2 Å². The predicted octanol–water partition coefficient (Wildman–Crippen LogP) is 2.36. The van der Waals surface area contributed by atoms with Gasteiger partial charge in [0.15, 0.2) is 0 Å². The third-order valence-electron chi connectivity index (χ3n) is 2.09. The van der Waals surface area contributed by atoms with Crippen molar-refractivity contribution >= 4 is 0 Å². The smallest absolute Gasteiger partial charge is 0.120 e. The molecule has 1 aromatic heterocycles. The molecule has 0 saturated carbocycles. The summed E-state index contributed by atoms with van der Waals surface area (Å²) in [6.45, 7) is 6.59. The Hall–Kier alpha value is -0.800. The molecule has 3 heteroatoms. The summed E-state index contributed by atoms with van der Waals surface area (Å²) >= 11 is 0. The molecule has 0 aliphatic carbocycles. The normalized spacial score (nSPS) is 13.0. The van der Waals surface area contributed by atoms with Crippen LogP contribution in [0.4, 0.5) is 0 Å². The lowest BCUT2D eigenvalue weighted by molar-refractivity contribution is 0.134. The molecule has 0 fully saturated rings. The fraction of sp³-hybridized carbons (Fsp3) is 0.636. The SMILES string of the molecule is CCNC(CCOCC)c1ccco1. The van der Waals surface area contributed by atoms with Gasteiger partial charge in [0.2, 0.25) is 0 Å². The molecule has 0 amide bonds. The number of rotatable bonds is 7. The fourth-order valence-electron chi connectivity index (χ4n) is 1.43. The molecular formula is C11H19NO2. The number of ether oxygens (including phenoxy) is 1. The molecule has 0 saturated heterocycles. The topological polar surface area (TPSA) is 34.4 Å². The minimum atomic E-state index is 0.279. The molecule has 0 aliphatic heterocycles. The first kappa shape index (κ1) is 11.3. The number of nitrogens with one attached hydrogen (secondary N) is 1. The van der Waals surface area contributed by atoms with E-state index < -0.39 is 0 Å². The van der Waals surface area contributed by atoms with Crippen molar-refractivity contribution < 1.29 is 9.15 Å². The molecule has 1 heterocycles. The van der Waals surface area contributed by atoms with Gasteiger partial charge in [0.25, 0.3) is 0 Å². The Morgan fingerprint density at radius 3 is 2.93 bits per heavy atom. The molecule has 0 bridgehead atoms. The first-order chi connectivity index (χ1) is 6.88. The minimum absolute atomic E-state index is 0.279. The summed E-state index contributed by atoms with van der Waals surface area (Å²) in [6, 6.07) is 4.20. The average Bonchev–Trinajstić information content (AvgIpc) is 2.70. The van der Waals surface area contributed by atoms with Gasteiger partial charge in [-0.3, -0.25) is 0 Å². The van der Waals surface area contributed by atoms with E-state index in [-0.39, 0.29) is 6.04 Å². The molecule has 0 aliphatic rings. The maximum Gasteiger partial charge on any atom is 0.120 e. The second kappa shape index (κ2) is 6.62. The molecular weight excluding hydrogens is 178 g/mol. The van der Waals surface area contributed by atoms with E-state index in [1.165, 1.54) is 0 Å². The van der Waals surface area contributed by atoms with Crippen LogP contribution in [-0.2, 0) is 4.74 Å². The van der Waals surface area contributed by atoms with Crippen molar-refractivity contribution in [3.63, 3.8) is 0 Å². The van der Waals surface area contributed by atoms with Crippen molar-refractivity contribution in [2.75, 3.05) is 19.8 Å². The highest BCUT2D eigenvalue weighted by Crippen LogP contribution is 2.16. The van der Waals surface area contributed by atoms with Gasteiger partial charge in [0.1, 0.15) is 5.76 Å². The Kier molecular flexibility index (Phi) is 5.33. The van der Waals surface area contributed by atoms with E-state index in [4.69, 9.17) is 9.15 Å². The van der Waals surface area contributed by atoms with E-state index in [2.05, 4.69) is 12.2 Å². The highest BCUT2D eigenvalue weighted by atomic mass is 16.5. The zero-order valence-corrected chi connectivity index (χ0v) is 8.95. The van der Waals surface area contributed by atoms with Gasteiger partial charge in [-0.15, -0.1) is 0 Å². The Balaban J connectivity index is 2.39. The van der Waals surface area contributed by atoms with Gasteiger partial charge >= 0.3 is 0 Å². The van der Waals surface area contributed by atoms with Crippen molar-refractivity contribution in [2.45, 2.75) is 26.3 Å². The van der Waals surface area contributed by atoms with Gasteiger partial charge in [-0.05, 0) is 32.0 Å². The van der Waals surface area contributed by atoms with Crippen LogP contribution in [0.25, 0.3) is 0 Å². The Bertz CT molecular complexity index is 221. The monoisotopic (exact) mass is 197 g/mol. The highest BCUT2D eigenvalue weighted by Gasteiger charge is 2.11. The summed E-state index contributed by atoms with van der Waals surface area (Å²) in [6.07, 6.45) is 2.66. The molecule has 0 spiro atoms. The van der Waals surface area contributed by atoms with Crippen LogP contribution < -0.4 is 5.32 Å². The van der Waals surface area contributed by atoms with Crippen molar-refractivity contribution in [3.8, 4) is 0 Å². The summed E-state index contributed by atoms with van der Waals surface area (Å²) in [7, 11) is 0. The van der Waals surface area contributed by atoms with Crippen LogP contribution in [-0.4, -0.2) is 19.8 Å². The van der Waals surface area contributed by atoms with Crippen LogP contribution in [0.15, 0.2) is 22.8 Å². The summed E-state index contributed by atoms with van der Waals surface area (Å²) in [5.41, 5.74) is 0. The Morgan fingerprint density at radius 2 is 2.36 bits per heavy atom. The van der Waals surface area contributed by atoms with Crippen molar-refractivity contribution in [1.82, 2.24) is 5.32 Å². The lowest BCUT2D eigenvalue weighted by Crippen LogP contribution is -2.21. The molecule has 14 heavy (non-hydrogen) atoms. The lowest BCUT2D eigenvalue weighted by atomic mass is 10.1. The summed E-state index contributed by atoms with van der Waals surface area (Å²) < 4.78 is 10.7. The van der Waals surface area contributed by atoms with Crippen LogP contribution in [0.1, 0.15) is 32.1 Å². The van der Waals surface area contributed by atoms with Crippen LogP contribution in [0, 0.1) is 0 Å². The van der Waals surface area contributed by atoms with E-state index in [0.717, 1.165) is 31.9 Å². The molecule has 1 unspecified atom stereocenters. The summed E-state index contributed by atoms with van der Waals surface area (Å²) in [4.78, 5) is 0. The van der Waals surface area contributed by atoms with Crippen molar-refractivity contribution in [3.05, 3.63) is 24.2 Å². The summed E-state index contributed by atoms with van der Waals surface area (Å²) in [5.74, 6) is 0.992. The standard InChI is InChI=1S/C11H19NO2/c1-3-12-10(7-9-13-4-2)11-6-5-8-14-11/h5-6,8,10,12H,3-4,7,9H2,1-2H3. The highest BCUT2D eigenvalue weighted by molar-refractivity contribution is 5.04. The van der Waals surface area contributed by atoms with Crippen LogP contribution in [0.2, 0.25) is 0 Å². The first-order valence-electron chi connectivity index (χ1n) is 5.23. The zero-order valence-electron chi connectivity index (χ0n) is 8.95. The quantitative estimate of drug-likeness (QED) is 0.681. The molecule has 1 aromatic rings. The van der Waals surface area contributed by atoms with Crippen LogP contribution >= 0.6 is 0 Å². The van der Waals surface area contributed by atoms with Gasteiger partial charge < -0.3 is 14.5 Å². The molecule has 1 rings (SSSR count). The molecule has 1 N–H and O–H groups in total. The van der Waals surface area contributed by atoms with Crippen molar-refractivity contribution in [2.24, 2.45) is 0 Å². The van der Waals surface area contributed by atoms with Gasteiger partial charge in [-0.1, -0.05) is 6.92 Å². The van der Waals surface area contributed by atoms with E-state index in [0.29, 0.717) is 0 Å². The maximum absolute atomic E-state index is 5.36. The maximum atomic E-state index is 5.36. The Morgan fingerprint density at radius 1 is 1.50 bits per heavy atom. The Labute approximate surface area is 85.4 Å². The predicted molar refractivity (Wildman–Crippen MR) is 56.2 cm³/mol. The molecule has 0 radical (unpaired) electrons. The lowest BCUT2D eigenvalue weighted by Gasteiger charge is -2.14. The average molecular weight is 197 g/mol. The summed E-state index contributed by atoms with van der Waals surface area (Å²) in [5, 5.41) is 3.37. The minimum Gasteiger partial charge on any atom is -0.468 e. The van der Waals surface area contributed by atoms with Gasteiger partial charge in [0.05, 0.1) is 12.3 Å². The third kappa shape index (κ3) is 3.52. The van der Waals surface area contributed by atoms with E-state index >= 15 is 0 Å². The number of hydrogen-bond acceptors (Lipinski definition) is 3. The van der Waals surface area contributed by atoms with E-state index in [9.17, 15) is 0 Å². The number of furan rings is 1. The zero-order chi connectivity index (χ0) is 10.2. The van der Waals surface area contributed by atoms with Gasteiger partial charge in [-0.2, -0.15) is 0 Å². The first-order valence-corrected chi connectivity index (χ1v) is 5.23. The second-order valence-corrected chi connectivity index (χ2v) is 3.11. The fourth-order valence-corrected chi connectivity index (χ4v) is 1.43. The molecule has 80 valence electrons. The third-order valence-corrected chi connectivity index (χ3v) is 2.09. The van der Waals surface area contributed by atoms with Crippen LogP contribution in [0.3, 0.4) is 0 Å². The molecule has 1 atom stereocenters. The largest absolute Gasteiger partial charge is 0.468 e. The molecule has 0 aromatic carbocycles. The second-order valence-electron chi connectivity index (χ2n) is 3.11. The number of hydrogen-bond donors (Lipinski definition) is 1. The van der Waals surface area contributed by atoms with E-state index in [1.54, 1.807) is 6.26 Å². The molecule has 3 nitrogen and oxygen atoms in total. The van der Waals surface area contributed by atoms with Crippen LogP contribution in [0.5, 0.6) is 0 Å². The van der Waals surface area contributed by atoms with E-state index in [1.807, 2.05) is 19.1 Å².